The predicted octanol–water partition coefficient (Wildman–Crippen LogP) is -0.356. The van der Waals surface area contributed by atoms with Crippen molar-refractivity contribution in [3.63, 3.8) is 0 Å². The molecule has 9 nitrogen and oxygen atoms in total. The van der Waals surface area contributed by atoms with Crippen molar-refractivity contribution in [3.05, 3.63) is 40.8 Å². The zero-order valence-corrected chi connectivity index (χ0v) is 15.7. The van der Waals surface area contributed by atoms with E-state index in [1.165, 1.54) is 22.2 Å². The van der Waals surface area contributed by atoms with Crippen molar-refractivity contribution in [2.75, 3.05) is 13.2 Å². The minimum absolute atomic E-state index is 0.112. The number of carbonyl (C=O) groups is 4. The third-order valence-corrected chi connectivity index (χ3v) is 5.22. The van der Waals surface area contributed by atoms with Gasteiger partial charge in [-0.25, -0.2) is 4.98 Å². The number of amides is 2. The molecule has 4 rings (SSSR count). The summed E-state index contributed by atoms with van der Waals surface area (Å²) in [4.78, 5) is 57.0. The van der Waals surface area contributed by atoms with Gasteiger partial charge in [0.1, 0.15) is 17.0 Å². The Morgan fingerprint density at radius 3 is 2.86 bits per heavy atom. The van der Waals surface area contributed by atoms with Gasteiger partial charge in [0.15, 0.2) is 6.04 Å². The van der Waals surface area contributed by atoms with Crippen molar-refractivity contribution in [1.29, 1.82) is 0 Å². The molecule has 1 unspecified atom stereocenters. The number of carbonyl (C=O) groups excluding carboxylic acids is 4. The molecule has 3 atom stereocenters. The summed E-state index contributed by atoms with van der Waals surface area (Å²) in [6, 6.07) is 1.87. The molecule has 3 aliphatic rings. The van der Waals surface area contributed by atoms with E-state index < -0.39 is 35.7 Å². The van der Waals surface area contributed by atoms with Crippen LogP contribution in [0.4, 0.5) is 0 Å². The number of nitrogens with zero attached hydrogens (tertiary/aromatic N) is 3. The standard InChI is InChI=1S/C18H17ClN4O5/c1-9-8-28-13-7-22-6-11(15(24)16(25)14(22)18(27)23(9)13)17(26)21-5-10-2-3-12(19)20-4-10/h2-4,6,9,13-14H,5,7-8H2,1H3,(H,21,26)/t9-,13+,14?/m0/s1. The topological polar surface area (TPSA) is 109 Å². The molecule has 10 heteroatoms. The molecular formula is C18H17ClN4O5. The van der Waals surface area contributed by atoms with E-state index in [2.05, 4.69) is 10.3 Å². The van der Waals surface area contributed by atoms with Gasteiger partial charge < -0.3 is 19.9 Å². The quantitative estimate of drug-likeness (QED) is 0.317. The molecule has 146 valence electrons. The number of nitrogens with one attached hydrogen (secondary N) is 1. The molecule has 2 amide bonds. The van der Waals surface area contributed by atoms with Gasteiger partial charge in [-0.05, 0) is 18.6 Å². The van der Waals surface area contributed by atoms with Gasteiger partial charge >= 0.3 is 0 Å². The summed E-state index contributed by atoms with van der Waals surface area (Å²) in [6.45, 7) is 2.52. The second-order valence-corrected chi connectivity index (χ2v) is 7.28. The van der Waals surface area contributed by atoms with E-state index in [0.29, 0.717) is 17.3 Å². The third kappa shape index (κ3) is 3.06. The normalized spacial score (nSPS) is 26.7. The first-order chi connectivity index (χ1) is 13.4. The van der Waals surface area contributed by atoms with Gasteiger partial charge in [-0.2, -0.15) is 0 Å². The monoisotopic (exact) mass is 404 g/mol. The van der Waals surface area contributed by atoms with Crippen LogP contribution >= 0.6 is 11.6 Å². The number of rotatable bonds is 3. The Labute approximate surface area is 165 Å². The Kier molecular flexibility index (Phi) is 4.64. The smallest absolute Gasteiger partial charge is 0.257 e. The van der Waals surface area contributed by atoms with E-state index in [1.807, 2.05) is 6.92 Å². The van der Waals surface area contributed by atoms with Crippen LogP contribution in [0.25, 0.3) is 0 Å². The minimum atomic E-state index is -1.23. The highest BCUT2D eigenvalue weighted by atomic mass is 35.5. The first kappa shape index (κ1) is 18.6. The van der Waals surface area contributed by atoms with Gasteiger partial charge in [0.25, 0.3) is 11.8 Å². The molecule has 0 radical (unpaired) electrons. The van der Waals surface area contributed by atoms with Gasteiger partial charge in [-0.3, -0.25) is 19.2 Å². The molecule has 28 heavy (non-hydrogen) atoms. The molecular weight excluding hydrogens is 388 g/mol. The zero-order valence-electron chi connectivity index (χ0n) is 14.9. The van der Waals surface area contributed by atoms with Gasteiger partial charge in [-0.1, -0.05) is 17.7 Å². The van der Waals surface area contributed by atoms with Crippen molar-refractivity contribution in [2.45, 2.75) is 31.8 Å². The van der Waals surface area contributed by atoms with Crippen LogP contribution in [0.1, 0.15) is 12.5 Å². The van der Waals surface area contributed by atoms with Crippen LogP contribution in [-0.4, -0.2) is 69.6 Å². The molecule has 2 saturated heterocycles. The van der Waals surface area contributed by atoms with Crippen molar-refractivity contribution in [3.8, 4) is 0 Å². The maximum Gasteiger partial charge on any atom is 0.257 e. The summed E-state index contributed by atoms with van der Waals surface area (Å²) in [6.07, 6.45) is 2.28. The number of aromatic nitrogens is 1. The number of ketones is 2. The highest BCUT2D eigenvalue weighted by Gasteiger charge is 2.52. The fourth-order valence-corrected chi connectivity index (χ4v) is 3.70. The molecule has 4 heterocycles. The fourth-order valence-electron chi connectivity index (χ4n) is 3.59. The van der Waals surface area contributed by atoms with Gasteiger partial charge in [0.2, 0.25) is 11.6 Å². The number of hydrogen-bond acceptors (Lipinski definition) is 7. The minimum Gasteiger partial charge on any atom is -0.354 e. The van der Waals surface area contributed by atoms with E-state index in [4.69, 9.17) is 16.3 Å². The van der Waals surface area contributed by atoms with Gasteiger partial charge in [0, 0.05) is 18.9 Å². The van der Waals surface area contributed by atoms with Crippen LogP contribution < -0.4 is 5.32 Å². The van der Waals surface area contributed by atoms with E-state index >= 15 is 0 Å². The molecule has 0 bridgehead atoms. The van der Waals surface area contributed by atoms with Gasteiger partial charge in [-0.15, -0.1) is 0 Å². The molecule has 0 aliphatic carbocycles. The van der Waals surface area contributed by atoms with Crippen molar-refractivity contribution in [1.82, 2.24) is 20.1 Å². The first-order valence-electron chi connectivity index (χ1n) is 8.75. The maximum atomic E-state index is 12.7. The predicted molar refractivity (Wildman–Crippen MR) is 95.7 cm³/mol. The number of fused-ring (bicyclic) bond motifs is 2. The summed E-state index contributed by atoms with van der Waals surface area (Å²) in [5.74, 6) is -3.03. The molecule has 0 spiro atoms. The Bertz CT molecular complexity index is 900. The number of Topliss-reactive ketones (excluding diaryl/α,β-unsaturated/α-hetero) is 2. The Hall–Kier alpha value is -2.78. The maximum absolute atomic E-state index is 12.7. The van der Waals surface area contributed by atoms with Crippen LogP contribution in [0, 0.1) is 0 Å². The van der Waals surface area contributed by atoms with Crippen LogP contribution in [0.5, 0.6) is 0 Å². The second-order valence-electron chi connectivity index (χ2n) is 6.89. The van der Waals surface area contributed by atoms with Crippen LogP contribution in [-0.2, 0) is 30.5 Å². The van der Waals surface area contributed by atoms with E-state index in [0.717, 1.165) is 0 Å². The Balaban J connectivity index is 1.53. The van der Waals surface area contributed by atoms with Crippen LogP contribution in [0.2, 0.25) is 5.15 Å². The molecule has 3 aliphatic heterocycles. The number of hydrogen-bond donors (Lipinski definition) is 1. The van der Waals surface area contributed by atoms with Crippen LogP contribution in [0.15, 0.2) is 30.1 Å². The SMILES string of the molecule is C[C@H]1CO[C@@H]2CN3C=C(C(=O)NCc4ccc(Cl)nc4)C(=O)C(=O)C3C(=O)N12. The third-order valence-electron chi connectivity index (χ3n) is 5.00. The van der Waals surface area contributed by atoms with E-state index in [9.17, 15) is 19.2 Å². The molecule has 1 N–H and O–H groups in total. The summed E-state index contributed by atoms with van der Waals surface area (Å²) in [5, 5.41) is 2.91. The molecule has 0 saturated carbocycles. The summed E-state index contributed by atoms with van der Waals surface area (Å²) in [5.41, 5.74) is 0.387. The summed E-state index contributed by atoms with van der Waals surface area (Å²) in [7, 11) is 0. The number of pyridine rings is 1. The van der Waals surface area contributed by atoms with Crippen molar-refractivity contribution < 1.29 is 23.9 Å². The Morgan fingerprint density at radius 1 is 1.36 bits per heavy atom. The lowest BCUT2D eigenvalue weighted by Gasteiger charge is -2.43. The average molecular weight is 405 g/mol. The van der Waals surface area contributed by atoms with Gasteiger partial charge in [0.05, 0.1) is 19.2 Å². The van der Waals surface area contributed by atoms with Crippen molar-refractivity contribution >= 4 is 35.0 Å². The zero-order chi connectivity index (χ0) is 20.0. The number of halogens is 1. The van der Waals surface area contributed by atoms with Crippen LogP contribution in [0.3, 0.4) is 0 Å². The first-order valence-corrected chi connectivity index (χ1v) is 9.13. The lowest BCUT2D eigenvalue weighted by molar-refractivity contribution is -0.159. The highest BCUT2D eigenvalue weighted by Crippen LogP contribution is 2.29. The highest BCUT2D eigenvalue weighted by molar-refractivity contribution is 6.53. The summed E-state index contributed by atoms with van der Waals surface area (Å²) >= 11 is 5.72. The summed E-state index contributed by atoms with van der Waals surface area (Å²) < 4.78 is 5.58. The molecule has 2 fully saturated rings. The largest absolute Gasteiger partial charge is 0.354 e. The molecule has 1 aromatic rings. The lowest BCUT2D eigenvalue weighted by atomic mass is 9.93. The number of ether oxygens (including phenoxy) is 1. The van der Waals surface area contributed by atoms with E-state index in [1.54, 1.807) is 12.1 Å². The average Bonchev–Trinajstić information content (AvgIpc) is 3.04. The lowest BCUT2D eigenvalue weighted by Crippen LogP contribution is -2.65. The fraction of sp³-hybridized carbons (Fsp3) is 0.389. The van der Waals surface area contributed by atoms with Crippen molar-refractivity contribution in [2.24, 2.45) is 0 Å². The molecule has 0 aromatic carbocycles. The second kappa shape index (κ2) is 6.99. The molecule has 1 aromatic heterocycles. The van der Waals surface area contributed by atoms with E-state index in [-0.39, 0.29) is 24.7 Å². The Morgan fingerprint density at radius 2 is 2.14 bits per heavy atom. The number of piperazine rings is 1.